The fraction of sp³-hybridized carbons (Fsp3) is 1.00. The molecule has 3 unspecified atom stereocenters. The lowest BCUT2D eigenvalue weighted by molar-refractivity contribution is -0.0873. The highest BCUT2D eigenvalue weighted by Crippen LogP contribution is 2.27. The number of nitrogens with one attached hydrogen (secondary N) is 1. The quantitative estimate of drug-likeness (QED) is 0.769. The summed E-state index contributed by atoms with van der Waals surface area (Å²) >= 11 is 0. The summed E-state index contributed by atoms with van der Waals surface area (Å²) in [5.41, 5.74) is 0. The van der Waals surface area contributed by atoms with Crippen molar-refractivity contribution in [2.24, 2.45) is 5.92 Å². The summed E-state index contributed by atoms with van der Waals surface area (Å²) < 4.78 is 11.0. The zero-order valence-corrected chi connectivity index (χ0v) is 9.71. The number of rotatable bonds is 4. The lowest BCUT2D eigenvalue weighted by Gasteiger charge is -2.26. The molecule has 0 aromatic heterocycles. The van der Waals surface area contributed by atoms with Crippen molar-refractivity contribution >= 4 is 0 Å². The first-order valence-electron chi connectivity index (χ1n) is 6.33. The third-order valence-electron chi connectivity index (χ3n) is 3.68. The molecule has 0 radical (unpaired) electrons. The molecule has 3 nitrogen and oxygen atoms in total. The molecule has 0 aromatic carbocycles. The zero-order chi connectivity index (χ0) is 10.5. The predicted molar refractivity (Wildman–Crippen MR) is 60.0 cm³/mol. The van der Waals surface area contributed by atoms with Crippen LogP contribution in [0.1, 0.15) is 32.6 Å². The van der Waals surface area contributed by atoms with Gasteiger partial charge < -0.3 is 14.8 Å². The minimum Gasteiger partial charge on any atom is -0.376 e. The second-order valence-corrected chi connectivity index (χ2v) is 4.68. The Balaban J connectivity index is 1.67. The van der Waals surface area contributed by atoms with Crippen LogP contribution in [0, 0.1) is 5.92 Å². The third kappa shape index (κ3) is 3.16. The van der Waals surface area contributed by atoms with Gasteiger partial charge in [0.1, 0.15) is 0 Å². The molecule has 1 N–H and O–H groups in total. The third-order valence-corrected chi connectivity index (χ3v) is 3.68. The molecule has 15 heavy (non-hydrogen) atoms. The molecular formula is C12H23NO2. The van der Waals surface area contributed by atoms with Gasteiger partial charge in [-0.3, -0.25) is 0 Å². The highest BCUT2D eigenvalue weighted by molar-refractivity contribution is 4.83. The predicted octanol–water partition coefficient (Wildman–Crippen LogP) is 1.57. The molecule has 3 atom stereocenters. The van der Waals surface area contributed by atoms with Gasteiger partial charge in [0.2, 0.25) is 0 Å². The smallest absolute Gasteiger partial charge is 0.0933 e. The van der Waals surface area contributed by atoms with Crippen molar-refractivity contribution in [1.82, 2.24) is 5.32 Å². The Bertz CT molecular complexity index is 180. The number of hydrogen-bond donors (Lipinski definition) is 1. The van der Waals surface area contributed by atoms with Crippen molar-refractivity contribution in [2.75, 3.05) is 26.4 Å². The molecule has 0 amide bonds. The van der Waals surface area contributed by atoms with E-state index in [-0.39, 0.29) is 6.10 Å². The van der Waals surface area contributed by atoms with Gasteiger partial charge >= 0.3 is 0 Å². The van der Waals surface area contributed by atoms with Crippen molar-refractivity contribution in [3.63, 3.8) is 0 Å². The van der Waals surface area contributed by atoms with Gasteiger partial charge in [-0.25, -0.2) is 0 Å². The fourth-order valence-corrected chi connectivity index (χ4v) is 2.73. The Kier molecular flexibility index (Phi) is 4.42. The van der Waals surface area contributed by atoms with Crippen molar-refractivity contribution in [3.05, 3.63) is 0 Å². The van der Waals surface area contributed by atoms with E-state index in [1.54, 1.807) is 0 Å². The van der Waals surface area contributed by atoms with Crippen LogP contribution in [0.3, 0.4) is 0 Å². The second kappa shape index (κ2) is 5.83. The van der Waals surface area contributed by atoms with Crippen molar-refractivity contribution in [3.8, 4) is 0 Å². The zero-order valence-electron chi connectivity index (χ0n) is 9.71. The molecule has 2 aliphatic rings. The highest BCUT2D eigenvalue weighted by Gasteiger charge is 2.26. The molecule has 88 valence electrons. The summed E-state index contributed by atoms with van der Waals surface area (Å²) in [4.78, 5) is 0. The molecule has 1 aliphatic heterocycles. The van der Waals surface area contributed by atoms with Crippen LogP contribution in [-0.4, -0.2) is 38.5 Å². The average molecular weight is 213 g/mol. The van der Waals surface area contributed by atoms with Crippen LogP contribution < -0.4 is 5.32 Å². The van der Waals surface area contributed by atoms with Crippen LogP contribution in [0.15, 0.2) is 0 Å². The van der Waals surface area contributed by atoms with Gasteiger partial charge in [-0.2, -0.15) is 0 Å². The first-order chi connectivity index (χ1) is 7.40. The summed E-state index contributed by atoms with van der Waals surface area (Å²) in [6.45, 7) is 5.54. The van der Waals surface area contributed by atoms with E-state index in [4.69, 9.17) is 9.47 Å². The van der Waals surface area contributed by atoms with Gasteiger partial charge in [-0.15, -0.1) is 0 Å². The van der Waals surface area contributed by atoms with Crippen LogP contribution in [-0.2, 0) is 9.47 Å². The molecule has 0 aromatic rings. The van der Waals surface area contributed by atoms with E-state index in [1.807, 2.05) is 0 Å². The molecule has 0 spiro atoms. The maximum absolute atomic E-state index is 5.62. The summed E-state index contributed by atoms with van der Waals surface area (Å²) in [5.74, 6) is 0.884. The van der Waals surface area contributed by atoms with Gasteiger partial charge in [0.15, 0.2) is 0 Å². The van der Waals surface area contributed by atoms with Crippen molar-refractivity contribution in [2.45, 2.75) is 44.8 Å². The molecule has 1 saturated heterocycles. The van der Waals surface area contributed by atoms with Crippen LogP contribution >= 0.6 is 0 Å². The van der Waals surface area contributed by atoms with E-state index >= 15 is 0 Å². The molecule has 2 rings (SSSR count). The van der Waals surface area contributed by atoms with Gasteiger partial charge in [0.25, 0.3) is 0 Å². The Morgan fingerprint density at radius 1 is 1.27 bits per heavy atom. The summed E-state index contributed by atoms with van der Waals surface area (Å²) in [6.07, 6.45) is 5.71. The molecule has 3 heteroatoms. The maximum Gasteiger partial charge on any atom is 0.0933 e. The Hall–Kier alpha value is -0.120. The van der Waals surface area contributed by atoms with E-state index in [2.05, 4.69) is 12.2 Å². The van der Waals surface area contributed by atoms with Gasteiger partial charge in [-0.1, -0.05) is 19.8 Å². The minimum absolute atomic E-state index is 0.275. The minimum atomic E-state index is 0.275. The SMILES string of the molecule is CCC1CCCC1NCC1COCCO1. The Labute approximate surface area is 92.5 Å². The first-order valence-corrected chi connectivity index (χ1v) is 6.33. The van der Waals surface area contributed by atoms with Crippen LogP contribution in [0.25, 0.3) is 0 Å². The summed E-state index contributed by atoms with van der Waals surface area (Å²) in [5, 5.41) is 3.65. The largest absolute Gasteiger partial charge is 0.376 e. The molecule has 1 heterocycles. The van der Waals surface area contributed by atoms with Gasteiger partial charge in [0, 0.05) is 12.6 Å². The van der Waals surface area contributed by atoms with Crippen LogP contribution in [0.4, 0.5) is 0 Å². The fourth-order valence-electron chi connectivity index (χ4n) is 2.73. The maximum atomic E-state index is 5.62. The van der Waals surface area contributed by atoms with Crippen LogP contribution in [0.2, 0.25) is 0 Å². The first kappa shape index (κ1) is 11.4. The van der Waals surface area contributed by atoms with Crippen molar-refractivity contribution in [1.29, 1.82) is 0 Å². The van der Waals surface area contributed by atoms with Gasteiger partial charge in [0.05, 0.1) is 25.9 Å². The topological polar surface area (TPSA) is 30.5 Å². The van der Waals surface area contributed by atoms with Crippen LogP contribution in [0.5, 0.6) is 0 Å². The average Bonchev–Trinajstić information content (AvgIpc) is 2.75. The Morgan fingerprint density at radius 3 is 2.93 bits per heavy atom. The molecular weight excluding hydrogens is 190 g/mol. The van der Waals surface area contributed by atoms with Crippen molar-refractivity contribution < 1.29 is 9.47 Å². The summed E-state index contributed by atoms with van der Waals surface area (Å²) in [6, 6.07) is 0.723. The molecule has 1 saturated carbocycles. The highest BCUT2D eigenvalue weighted by atomic mass is 16.6. The van der Waals surface area contributed by atoms with E-state index in [9.17, 15) is 0 Å². The summed E-state index contributed by atoms with van der Waals surface area (Å²) in [7, 11) is 0. The van der Waals surface area contributed by atoms with E-state index in [1.165, 1.54) is 25.7 Å². The lowest BCUT2D eigenvalue weighted by Crippen LogP contribution is -2.42. The molecule has 1 aliphatic carbocycles. The molecule has 2 fully saturated rings. The van der Waals surface area contributed by atoms with E-state index in [0.29, 0.717) is 0 Å². The number of hydrogen-bond acceptors (Lipinski definition) is 3. The Morgan fingerprint density at radius 2 is 2.20 bits per heavy atom. The lowest BCUT2D eigenvalue weighted by atomic mass is 10.0. The standard InChI is InChI=1S/C12H23NO2/c1-2-10-4-3-5-12(10)13-8-11-9-14-6-7-15-11/h10-13H,2-9H2,1H3. The monoisotopic (exact) mass is 213 g/mol. The molecule has 0 bridgehead atoms. The van der Waals surface area contributed by atoms with E-state index < -0.39 is 0 Å². The second-order valence-electron chi connectivity index (χ2n) is 4.68. The normalized spacial score (nSPS) is 37.0. The van der Waals surface area contributed by atoms with Gasteiger partial charge in [-0.05, 0) is 18.8 Å². The van der Waals surface area contributed by atoms with E-state index in [0.717, 1.165) is 38.3 Å². The number of ether oxygens (including phenoxy) is 2.